The molecule has 15 heavy (non-hydrogen) atoms. The van der Waals surface area contributed by atoms with Crippen molar-refractivity contribution in [3.63, 3.8) is 0 Å². The fraction of sp³-hybridized carbons (Fsp3) is 0.750. The first-order chi connectivity index (χ1) is 6.95. The summed E-state index contributed by atoms with van der Waals surface area (Å²) < 4.78 is 6.60. The summed E-state index contributed by atoms with van der Waals surface area (Å²) >= 11 is 7.12. The van der Waals surface area contributed by atoms with Gasteiger partial charge in [0.05, 0.1) is 10.3 Å². The maximum Gasteiger partial charge on any atom is 0.0741 e. The molecule has 0 fully saturated rings. The SMILES string of the molecule is COC1CCC(C)=C(C(=S)SC)C1(C)C. The molecule has 3 heteroatoms. The van der Waals surface area contributed by atoms with Gasteiger partial charge in [0.1, 0.15) is 0 Å². The molecule has 0 aliphatic heterocycles. The second-order valence-electron chi connectivity index (χ2n) is 4.63. The largest absolute Gasteiger partial charge is 0.381 e. The van der Waals surface area contributed by atoms with E-state index in [4.69, 9.17) is 17.0 Å². The van der Waals surface area contributed by atoms with Crippen LogP contribution in [0, 0.1) is 5.41 Å². The van der Waals surface area contributed by atoms with Crippen molar-refractivity contribution in [2.75, 3.05) is 13.4 Å². The summed E-state index contributed by atoms with van der Waals surface area (Å²) in [5.74, 6) is 0. The van der Waals surface area contributed by atoms with E-state index in [2.05, 4.69) is 27.0 Å². The summed E-state index contributed by atoms with van der Waals surface area (Å²) in [7, 11) is 1.80. The van der Waals surface area contributed by atoms with E-state index in [9.17, 15) is 0 Å². The summed E-state index contributed by atoms with van der Waals surface area (Å²) in [5.41, 5.74) is 2.83. The standard InChI is InChI=1S/C12H20OS2/c1-8-6-7-9(13-4)12(2,3)10(8)11(14)15-5/h9H,6-7H2,1-5H3. The van der Waals surface area contributed by atoms with Crippen LogP contribution in [-0.2, 0) is 4.74 Å². The molecule has 0 spiro atoms. The second-order valence-corrected chi connectivity index (χ2v) is 6.11. The fourth-order valence-corrected chi connectivity index (χ4v) is 3.57. The number of thiocarbonyl (C=S) groups is 1. The van der Waals surface area contributed by atoms with Gasteiger partial charge in [-0.2, -0.15) is 0 Å². The highest BCUT2D eigenvalue weighted by molar-refractivity contribution is 8.23. The molecule has 0 amide bonds. The van der Waals surface area contributed by atoms with Crippen LogP contribution in [0.25, 0.3) is 0 Å². The normalized spacial score (nSPS) is 25.5. The van der Waals surface area contributed by atoms with E-state index >= 15 is 0 Å². The third-order valence-corrected chi connectivity index (χ3v) is 4.61. The lowest BCUT2D eigenvalue weighted by atomic mass is 9.71. The number of hydrogen-bond acceptors (Lipinski definition) is 3. The Hall–Kier alpha value is 0.140. The van der Waals surface area contributed by atoms with Crippen molar-refractivity contribution in [2.24, 2.45) is 5.41 Å². The van der Waals surface area contributed by atoms with Gasteiger partial charge in [0.15, 0.2) is 0 Å². The highest BCUT2D eigenvalue weighted by atomic mass is 32.2. The summed E-state index contributed by atoms with van der Waals surface area (Å²) in [6.07, 6.45) is 4.56. The van der Waals surface area contributed by atoms with Crippen molar-refractivity contribution in [1.29, 1.82) is 0 Å². The fourth-order valence-electron chi connectivity index (χ4n) is 2.50. The van der Waals surface area contributed by atoms with Crippen LogP contribution in [0.1, 0.15) is 33.6 Å². The Morgan fingerprint density at radius 3 is 2.60 bits per heavy atom. The monoisotopic (exact) mass is 244 g/mol. The summed E-state index contributed by atoms with van der Waals surface area (Å²) in [6, 6.07) is 0. The van der Waals surface area contributed by atoms with Gasteiger partial charge in [0, 0.05) is 12.5 Å². The third kappa shape index (κ3) is 2.45. The highest BCUT2D eigenvalue weighted by Crippen LogP contribution is 2.43. The number of hydrogen-bond donors (Lipinski definition) is 0. The number of allylic oxidation sites excluding steroid dienone is 1. The van der Waals surface area contributed by atoms with Gasteiger partial charge in [-0.3, -0.25) is 0 Å². The van der Waals surface area contributed by atoms with Gasteiger partial charge in [-0.05, 0) is 31.6 Å². The first-order valence-electron chi connectivity index (χ1n) is 5.26. The van der Waals surface area contributed by atoms with Crippen LogP contribution in [0.15, 0.2) is 11.1 Å². The van der Waals surface area contributed by atoms with E-state index in [1.807, 2.05) is 0 Å². The number of methoxy groups -OCH3 is 1. The molecular weight excluding hydrogens is 224 g/mol. The Morgan fingerprint density at radius 1 is 1.53 bits per heavy atom. The molecule has 0 aromatic carbocycles. The predicted octanol–water partition coefficient (Wildman–Crippen LogP) is 3.83. The quantitative estimate of drug-likeness (QED) is 0.683. The Morgan fingerprint density at radius 2 is 2.13 bits per heavy atom. The van der Waals surface area contributed by atoms with E-state index in [0.29, 0.717) is 6.10 Å². The molecule has 0 aromatic rings. The Balaban J connectivity index is 3.12. The lowest BCUT2D eigenvalue weighted by Crippen LogP contribution is -2.38. The zero-order valence-electron chi connectivity index (χ0n) is 10.2. The molecule has 0 radical (unpaired) electrons. The van der Waals surface area contributed by atoms with Gasteiger partial charge in [0.25, 0.3) is 0 Å². The molecule has 1 unspecified atom stereocenters. The Kier molecular flexibility index (Phi) is 4.38. The summed E-state index contributed by atoms with van der Waals surface area (Å²) in [6.45, 7) is 6.68. The first-order valence-corrected chi connectivity index (χ1v) is 6.89. The van der Waals surface area contributed by atoms with Crippen LogP contribution in [0.3, 0.4) is 0 Å². The topological polar surface area (TPSA) is 9.23 Å². The molecule has 1 atom stereocenters. The Labute approximate surface area is 103 Å². The summed E-state index contributed by atoms with van der Waals surface area (Å²) in [4.78, 5) is 0. The van der Waals surface area contributed by atoms with Gasteiger partial charge in [-0.15, -0.1) is 11.8 Å². The Bertz CT molecular complexity index is 292. The minimum Gasteiger partial charge on any atom is -0.381 e. The lowest BCUT2D eigenvalue weighted by Gasteiger charge is -2.40. The lowest BCUT2D eigenvalue weighted by molar-refractivity contribution is 0.0164. The zero-order valence-corrected chi connectivity index (χ0v) is 11.8. The molecule has 0 heterocycles. The molecule has 0 saturated heterocycles. The summed E-state index contributed by atoms with van der Waals surface area (Å²) in [5, 5.41) is 0. The predicted molar refractivity (Wildman–Crippen MR) is 72.6 cm³/mol. The van der Waals surface area contributed by atoms with Crippen molar-refractivity contribution in [3.8, 4) is 0 Å². The van der Waals surface area contributed by atoms with Gasteiger partial charge in [-0.25, -0.2) is 0 Å². The van der Waals surface area contributed by atoms with Gasteiger partial charge < -0.3 is 4.74 Å². The van der Waals surface area contributed by atoms with E-state index < -0.39 is 0 Å². The molecular formula is C12H20OS2. The van der Waals surface area contributed by atoms with Crippen LogP contribution in [-0.4, -0.2) is 23.7 Å². The molecule has 1 rings (SSSR count). The maximum absolute atomic E-state index is 5.58. The third-order valence-electron chi connectivity index (χ3n) is 3.33. The van der Waals surface area contributed by atoms with Crippen molar-refractivity contribution in [2.45, 2.75) is 39.7 Å². The molecule has 0 aromatic heterocycles. The van der Waals surface area contributed by atoms with Gasteiger partial charge in [-0.1, -0.05) is 31.6 Å². The number of ether oxygens (including phenoxy) is 1. The van der Waals surface area contributed by atoms with E-state index in [1.165, 1.54) is 11.1 Å². The van der Waals surface area contributed by atoms with Gasteiger partial charge >= 0.3 is 0 Å². The van der Waals surface area contributed by atoms with Crippen molar-refractivity contribution in [1.82, 2.24) is 0 Å². The number of thioether (sulfide) groups is 1. The average Bonchev–Trinajstić information content (AvgIpc) is 2.16. The van der Waals surface area contributed by atoms with Crippen LogP contribution < -0.4 is 0 Å². The molecule has 0 bridgehead atoms. The molecule has 1 aliphatic rings. The molecule has 0 saturated carbocycles. The molecule has 1 nitrogen and oxygen atoms in total. The van der Waals surface area contributed by atoms with Crippen LogP contribution >= 0.6 is 24.0 Å². The maximum atomic E-state index is 5.58. The van der Waals surface area contributed by atoms with Gasteiger partial charge in [0.2, 0.25) is 0 Å². The van der Waals surface area contributed by atoms with Crippen molar-refractivity contribution < 1.29 is 4.74 Å². The van der Waals surface area contributed by atoms with Crippen molar-refractivity contribution in [3.05, 3.63) is 11.1 Å². The smallest absolute Gasteiger partial charge is 0.0741 e. The van der Waals surface area contributed by atoms with Crippen LogP contribution in [0.4, 0.5) is 0 Å². The highest BCUT2D eigenvalue weighted by Gasteiger charge is 2.39. The van der Waals surface area contributed by atoms with Crippen LogP contribution in [0.2, 0.25) is 0 Å². The minimum atomic E-state index is 0.0528. The average molecular weight is 244 g/mol. The van der Waals surface area contributed by atoms with E-state index in [0.717, 1.165) is 17.0 Å². The van der Waals surface area contributed by atoms with Crippen LogP contribution in [0.5, 0.6) is 0 Å². The van der Waals surface area contributed by atoms with E-state index in [-0.39, 0.29) is 5.41 Å². The molecule has 0 N–H and O–H groups in total. The zero-order chi connectivity index (χ0) is 11.6. The molecule has 86 valence electrons. The molecule has 1 aliphatic carbocycles. The van der Waals surface area contributed by atoms with E-state index in [1.54, 1.807) is 18.9 Å². The second kappa shape index (κ2) is 4.98. The first kappa shape index (κ1) is 13.2. The van der Waals surface area contributed by atoms with Crippen molar-refractivity contribution >= 4 is 28.2 Å². The number of rotatable bonds is 2. The minimum absolute atomic E-state index is 0.0528.